The van der Waals surface area contributed by atoms with E-state index in [2.05, 4.69) is 67.4 Å². The van der Waals surface area contributed by atoms with Crippen molar-refractivity contribution >= 4 is 10.8 Å². The van der Waals surface area contributed by atoms with Crippen LogP contribution in [0.2, 0.25) is 0 Å². The number of hydrogen-bond donors (Lipinski definition) is 0. The highest BCUT2D eigenvalue weighted by Gasteiger charge is 2.32. The molecule has 1 unspecified atom stereocenters. The van der Waals surface area contributed by atoms with Crippen LogP contribution in [0.3, 0.4) is 0 Å². The van der Waals surface area contributed by atoms with Gasteiger partial charge in [-0.05, 0) is 47.3 Å². The fraction of sp³-hybridized carbons (Fsp3) is 0.250. The minimum absolute atomic E-state index is 0.543. The molecule has 0 saturated carbocycles. The third-order valence-electron chi connectivity index (χ3n) is 5.00. The van der Waals surface area contributed by atoms with E-state index < -0.39 is 0 Å². The molecule has 0 bridgehead atoms. The quantitative estimate of drug-likeness (QED) is 0.609. The van der Waals surface area contributed by atoms with Gasteiger partial charge in [-0.3, -0.25) is 4.98 Å². The highest BCUT2D eigenvalue weighted by Crippen LogP contribution is 2.46. The number of aryl methyl sites for hydroxylation is 1. The van der Waals surface area contributed by atoms with Crippen LogP contribution < -0.4 is 0 Å². The average molecular weight is 273 g/mol. The summed E-state index contributed by atoms with van der Waals surface area (Å²) in [6.07, 6.45) is 3.13. The summed E-state index contributed by atoms with van der Waals surface area (Å²) in [4.78, 5) is 4.65. The van der Waals surface area contributed by atoms with Crippen molar-refractivity contribution in [3.8, 4) is 0 Å². The minimum Gasteiger partial charge on any atom is -0.261 e. The normalized spacial score (nSPS) is 20.7. The van der Waals surface area contributed by atoms with E-state index in [0.717, 1.165) is 6.42 Å². The van der Waals surface area contributed by atoms with Gasteiger partial charge in [-0.25, -0.2) is 0 Å². The zero-order chi connectivity index (χ0) is 14.4. The van der Waals surface area contributed by atoms with Gasteiger partial charge in [0, 0.05) is 17.3 Å². The Kier molecular flexibility index (Phi) is 2.81. The van der Waals surface area contributed by atoms with Crippen LogP contribution in [0.1, 0.15) is 41.1 Å². The molecule has 4 rings (SSSR count). The second-order valence-corrected chi connectivity index (χ2v) is 6.14. The van der Waals surface area contributed by atoms with Gasteiger partial charge in [-0.15, -0.1) is 0 Å². The molecule has 2 aromatic carbocycles. The molecule has 104 valence electrons. The molecule has 1 aromatic heterocycles. The monoisotopic (exact) mass is 273 g/mol. The standard InChI is InChI=1S/C20H19N/c1-13-17-9-5-3-7-15(17)11-19(13)20-14(2)21-12-16-8-4-6-10-18(16)20/h3-10,12-13,19H,11H2,1-2H3/t13-,19?/m1/s1. The summed E-state index contributed by atoms with van der Waals surface area (Å²) in [7, 11) is 0. The molecule has 3 aromatic rings. The van der Waals surface area contributed by atoms with E-state index in [0.29, 0.717) is 11.8 Å². The lowest BCUT2D eigenvalue weighted by atomic mass is 9.84. The van der Waals surface area contributed by atoms with Crippen LogP contribution in [-0.4, -0.2) is 4.98 Å². The Balaban J connectivity index is 1.91. The van der Waals surface area contributed by atoms with E-state index in [9.17, 15) is 0 Å². The van der Waals surface area contributed by atoms with Crippen LogP contribution in [0.25, 0.3) is 10.8 Å². The molecule has 1 heterocycles. The largest absolute Gasteiger partial charge is 0.261 e. The molecule has 21 heavy (non-hydrogen) atoms. The molecule has 0 N–H and O–H groups in total. The van der Waals surface area contributed by atoms with Crippen LogP contribution in [0, 0.1) is 6.92 Å². The Morgan fingerprint density at radius 2 is 1.76 bits per heavy atom. The number of rotatable bonds is 1. The summed E-state index contributed by atoms with van der Waals surface area (Å²) >= 11 is 0. The maximum Gasteiger partial charge on any atom is 0.0414 e. The average Bonchev–Trinajstić information content (AvgIpc) is 2.84. The molecule has 2 atom stereocenters. The van der Waals surface area contributed by atoms with Gasteiger partial charge >= 0.3 is 0 Å². The first-order valence-corrected chi connectivity index (χ1v) is 7.68. The summed E-state index contributed by atoms with van der Waals surface area (Å²) < 4.78 is 0. The molecule has 1 nitrogen and oxygen atoms in total. The highest BCUT2D eigenvalue weighted by atomic mass is 14.7. The van der Waals surface area contributed by atoms with Crippen molar-refractivity contribution in [1.29, 1.82) is 0 Å². The van der Waals surface area contributed by atoms with Crippen molar-refractivity contribution in [3.63, 3.8) is 0 Å². The van der Waals surface area contributed by atoms with E-state index >= 15 is 0 Å². The van der Waals surface area contributed by atoms with E-state index in [1.165, 1.54) is 33.2 Å². The molecule has 1 aliphatic carbocycles. The summed E-state index contributed by atoms with van der Waals surface area (Å²) in [5.74, 6) is 1.11. The summed E-state index contributed by atoms with van der Waals surface area (Å²) in [5.41, 5.74) is 5.63. The predicted molar refractivity (Wildman–Crippen MR) is 87.8 cm³/mol. The predicted octanol–water partition coefficient (Wildman–Crippen LogP) is 4.99. The number of fused-ring (bicyclic) bond motifs is 2. The van der Waals surface area contributed by atoms with Crippen LogP contribution in [-0.2, 0) is 6.42 Å². The Bertz CT molecular complexity index is 819. The molecule has 0 amide bonds. The zero-order valence-corrected chi connectivity index (χ0v) is 12.5. The fourth-order valence-corrected chi connectivity index (χ4v) is 3.90. The van der Waals surface area contributed by atoms with Crippen molar-refractivity contribution in [2.75, 3.05) is 0 Å². The van der Waals surface area contributed by atoms with Crippen LogP contribution in [0.15, 0.2) is 54.7 Å². The van der Waals surface area contributed by atoms with Crippen molar-refractivity contribution in [2.45, 2.75) is 32.1 Å². The molecular weight excluding hydrogens is 254 g/mol. The Morgan fingerprint density at radius 3 is 2.62 bits per heavy atom. The molecule has 0 spiro atoms. The van der Waals surface area contributed by atoms with E-state index in [1.807, 2.05) is 6.20 Å². The van der Waals surface area contributed by atoms with Crippen molar-refractivity contribution in [2.24, 2.45) is 0 Å². The van der Waals surface area contributed by atoms with Gasteiger partial charge in [0.1, 0.15) is 0 Å². The number of pyridine rings is 1. The SMILES string of the molecule is Cc1ncc2ccccc2c1C1Cc2ccccc2[C@H]1C. The van der Waals surface area contributed by atoms with Gasteiger partial charge in [0.25, 0.3) is 0 Å². The lowest BCUT2D eigenvalue weighted by molar-refractivity contribution is 0.624. The number of aromatic nitrogens is 1. The topological polar surface area (TPSA) is 12.9 Å². The van der Waals surface area contributed by atoms with Gasteiger partial charge in [0.15, 0.2) is 0 Å². The van der Waals surface area contributed by atoms with Crippen LogP contribution in [0.5, 0.6) is 0 Å². The molecule has 0 fully saturated rings. The van der Waals surface area contributed by atoms with Gasteiger partial charge in [-0.1, -0.05) is 55.5 Å². The smallest absolute Gasteiger partial charge is 0.0414 e. The maximum absolute atomic E-state index is 4.65. The minimum atomic E-state index is 0.543. The molecule has 0 aliphatic heterocycles. The molecule has 0 saturated heterocycles. The van der Waals surface area contributed by atoms with Crippen molar-refractivity contribution < 1.29 is 0 Å². The van der Waals surface area contributed by atoms with Gasteiger partial charge in [0.2, 0.25) is 0 Å². The second kappa shape index (κ2) is 4.70. The highest BCUT2D eigenvalue weighted by molar-refractivity contribution is 5.86. The van der Waals surface area contributed by atoms with E-state index in [-0.39, 0.29) is 0 Å². The Hall–Kier alpha value is -2.15. The van der Waals surface area contributed by atoms with Gasteiger partial charge < -0.3 is 0 Å². The Morgan fingerprint density at radius 1 is 1.00 bits per heavy atom. The maximum atomic E-state index is 4.65. The molecule has 1 aliphatic rings. The first kappa shape index (κ1) is 12.6. The number of hydrogen-bond acceptors (Lipinski definition) is 1. The van der Waals surface area contributed by atoms with Crippen molar-refractivity contribution in [3.05, 3.63) is 77.1 Å². The van der Waals surface area contributed by atoms with Crippen LogP contribution in [0.4, 0.5) is 0 Å². The fourth-order valence-electron chi connectivity index (χ4n) is 3.90. The lowest BCUT2D eigenvalue weighted by Gasteiger charge is -2.20. The second-order valence-electron chi connectivity index (χ2n) is 6.14. The third-order valence-corrected chi connectivity index (χ3v) is 5.00. The number of benzene rings is 2. The lowest BCUT2D eigenvalue weighted by Crippen LogP contribution is -2.07. The number of nitrogens with zero attached hydrogens (tertiary/aromatic N) is 1. The first-order valence-electron chi connectivity index (χ1n) is 7.68. The van der Waals surface area contributed by atoms with Crippen LogP contribution >= 0.6 is 0 Å². The van der Waals surface area contributed by atoms with Gasteiger partial charge in [-0.2, -0.15) is 0 Å². The molecule has 1 heteroatoms. The molecule has 0 radical (unpaired) electrons. The zero-order valence-electron chi connectivity index (χ0n) is 12.5. The summed E-state index contributed by atoms with van der Waals surface area (Å²) in [5, 5.41) is 2.62. The molecular formula is C20H19N. The summed E-state index contributed by atoms with van der Waals surface area (Å²) in [6.45, 7) is 4.51. The van der Waals surface area contributed by atoms with Gasteiger partial charge in [0.05, 0.1) is 0 Å². The summed E-state index contributed by atoms with van der Waals surface area (Å²) in [6, 6.07) is 17.5. The Labute approximate surface area is 125 Å². The first-order chi connectivity index (χ1) is 10.3. The van der Waals surface area contributed by atoms with E-state index in [1.54, 1.807) is 0 Å². The third kappa shape index (κ3) is 1.88. The van der Waals surface area contributed by atoms with Crippen molar-refractivity contribution in [1.82, 2.24) is 4.98 Å². The van der Waals surface area contributed by atoms with E-state index in [4.69, 9.17) is 0 Å².